The molecule has 0 aliphatic heterocycles. The van der Waals surface area contributed by atoms with Crippen LogP contribution in [0.1, 0.15) is 21.5 Å². The van der Waals surface area contributed by atoms with Crippen LogP contribution in [0.3, 0.4) is 0 Å². The van der Waals surface area contributed by atoms with E-state index in [0.717, 1.165) is 16.6 Å². The summed E-state index contributed by atoms with van der Waals surface area (Å²) in [6, 6.07) is 5.39. The number of aryl methyl sites for hydroxylation is 2. The van der Waals surface area contributed by atoms with Gasteiger partial charge in [-0.25, -0.2) is 4.79 Å². The first-order valence-electron chi connectivity index (χ1n) is 4.69. The number of pyridine rings is 1. The molecular weight excluding hydrogens is 190 g/mol. The summed E-state index contributed by atoms with van der Waals surface area (Å²) in [6.45, 7) is 3.89. The predicted octanol–water partition coefficient (Wildman–Crippen LogP) is 2.55. The monoisotopic (exact) mass is 201 g/mol. The van der Waals surface area contributed by atoms with E-state index in [4.69, 9.17) is 5.11 Å². The summed E-state index contributed by atoms with van der Waals surface area (Å²) in [5.74, 6) is -0.910. The van der Waals surface area contributed by atoms with E-state index in [1.807, 2.05) is 26.0 Å². The number of hydrogen-bond donors (Lipinski definition) is 1. The van der Waals surface area contributed by atoms with Crippen LogP contribution in [0.15, 0.2) is 24.4 Å². The second-order valence-corrected chi connectivity index (χ2v) is 3.64. The lowest BCUT2D eigenvalue weighted by Crippen LogP contribution is -1.99. The fourth-order valence-corrected chi connectivity index (χ4v) is 1.80. The molecule has 2 aromatic rings. The summed E-state index contributed by atoms with van der Waals surface area (Å²) >= 11 is 0. The molecule has 15 heavy (non-hydrogen) atoms. The van der Waals surface area contributed by atoms with Crippen LogP contribution in [0, 0.1) is 13.8 Å². The third kappa shape index (κ3) is 1.56. The number of aromatic carboxylic acids is 1. The molecule has 1 aromatic heterocycles. The molecule has 3 heteroatoms. The first-order valence-corrected chi connectivity index (χ1v) is 4.69. The molecule has 0 saturated heterocycles. The molecule has 0 bridgehead atoms. The zero-order valence-electron chi connectivity index (χ0n) is 8.61. The smallest absolute Gasteiger partial charge is 0.336 e. The molecule has 0 atom stereocenters. The molecule has 2 rings (SSSR count). The minimum Gasteiger partial charge on any atom is -0.478 e. The van der Waals surface area contributed by atoms with Crippen molar-refractivity contribution in [3.8, 4) is 0 Å². The standard InChI is InChI=1S/C12H11NO2/c1-7-5-8(2)11-10(6-7)9(12(14)15)3-4-13-11/h3-6H,1-2H3,(H,14,15). The van der Waals surface area contributed by atoms with Crippen molar-refractivity contribution in [1.29, 1.82) is 0 Å². The molecule has 1 N–H and O–H groups in total. The van der Waals surface area contributed by atoms with E-state index in [1.54, 1.807) is 0 Å². The van der Waals surface area contributed by atoms with Crippen molar-refractivity contribution in [3.63, 3.8) is 0 Å². The number of hydrogen-bond acceptors (Lipinski definition) is 2. The topological polar surface area (TPSA) is 50.2 Å². The summed E-state index contributed by atoms with van der Waals surface area (Å²) in [6.07, 6.45) is 1.54. The van der Waals surface area contributed by atoms with Gasteiger partial charge in [-0.3, -0.25) is 4.98 Å². The Balaban J connectivity index is 2.91. The number of aromatic nitrogens is 1. The highest BCUT2D eigenvalue weighted by Crippen LogP contribution is 2.21. The maximum absolute atomic E-state index is 11.0. The molecule has 0 fully saturated rings. The third-order valence-corrected chi connectivity index (χ3v) is 2.41. The van der Waals surface area contributed by atoms with Gasteiger partial charge in [0.05, 0.1) is 11.1 Å². The molecule has 3 nitrogen and oxygen atoms in total. The maximum Gasteiger partial charge on any atom is 0.336 e. The Labute approximate surface area is 87.4 Å². The van der Waals surface area contributed by atoms with Crippen molar-refractivity contribution in [2.75, 3.05) is 0 Å². The zero-order chi connectivity index (χ0) is 11.0. The van der Waals surface area contributed by atoms with Crippen LogP contribution in [0.4, 0.5) is 0 Å². The van der Waals surface area contributed by atoms with Crippen LogP contribution in [-0.2, 0) is 0 Å². The third-order valence-electron chi connectivity index (χ3n) is 2.41. The van der Waals surface area contributed by atoms with Crippen molar-refractivity contribution in [1.82, 2.24) is 4.98 Å². The lowest BCUT2D eigenvalue weighted by molar-refractivity contribution is 0.0699. The second kappa shape index (κ2) is 3.35. The van der Waals surface area contributed by atoms with Crippen LogP contribution in [0.5, 0.6) is 0 Å². The maximum atomic E-state index is 11.0. The van der Waals surface area contributed by atoms with Gasteiger partial charge in [-0.15, -0.1) is 0 Å². The minimum atomic E-state index is -0.910. The number of carboxylic acid groups (broad SMARTS) is 1. The Kier molecular flexibility index (Phi) is 2.15. The highest BCUT2D eigenvalue weighted by Gasteiger charge is 2.10. The fraction of sp³-hybridized carbons (Fsp3) is 0.167. The van der Waals surface area contributed by atoms with E-state index in [2.05, 4.69) is 4.98 Å². The van der Waals surface area contributed by atoms with Gasteiger partial charge < -0.3 is 5.11 Å². The number of rotatable bonds is 1. The molecule has 0 amide bonds. The van der Waals surface area contributed by atoms with Crippen LogP contribution in [0.2, 0.25) is 0 Å². The van der Waals surface area contributed by atoms with Gasteiger partial charge in [0.2, 0.25) is 0 Å². The lowest BCUT2D eigenvalue weighted by Gasteiger charge is -2.05. The van der Waals surface area contributed by atoms with Gasteiger partial charge in [-0.1, -0.05) is 11.6 Å². The minimum absolute atomic E-state index is 0.312. The summed E-state index contributed by atoms with van der Waals surface area (Å²) in [4.78, 5) is 15.2. The second-order valence-electron chi connectivity index (χ2n) is 3.64. The number of fused-ring (bicyclic) bond motifs is 1. The van der Waals surface area contributed by atoms with Gasteiger partial charge in [-0.05, 0) is 31.5 Å². The first kappa shape index (κ1) is 9.65. The largest absolute Gasteiger partial charge is 0.478 e. The van der Waals surface area contributed by atoms with E-state index < -0.39 is 5.97 Å². The highest BCUT2D eigenvalue weighted by molar-refractivity contribution is 6.03. The Morgan fingerprint density at radius 1 is 1.33 bits per heavy atom. The van der Waals surface area contributed by atoms with Crippen molar-refractivity contribution < 1.29 is 9.90 Å². The number of carboxylic acids is 1. The van der Waals surface area contributed by atoms with E-state index >= 15 is 0 Å². The summed E-state index contributed by atoms with van der Waals surface area (Å²) in [5.41, 5.74) is 3.14. The number of carbonyl (C=O) groups is 1. The average molecular weight is 201 g/mol. The van der Waals surface area contributed by atoms with Crippen LogP contribution >= 0.6 is 0 Å². The zero-order valence-corrected chi connectivity index (χ0v) is 8.61. The van der Waals surface area contributed by atoms with Gasteiger partial charge in [0.1, 0.15) is 0 Å². The van der Waals surface area contributed by atoms with Crippen molar-refractivity contribution in [3.05, 3.63) is 41.1 Å². The molecule has 0 radical (unpaired) electrons. The molecule has 0 spiro atoms. The number of nitrogens with zero attached hydrogens (tertiary/aromatic N) is 1. The summed E-state index contributed by atoms with van der Waals surface area (Å²) in [7, 11) is 0. The van der Waals surface area contributed by atoms with Crippen LogP contribution in [0.25, 0.3) is 10.9 Å². The molecule has 0 aliphatic rings. The van der Waals surface area contributed by atoms with Crippen LogP contribution < -0.4 is 0 Å². The lowest BCUT2D eigenvalue weighted by atomic mass is 10.0. The molecular formula is C12H11NO2. The first-order chi connectivity index (χ1) is 7.09. The molecule has 0 aliphatic carbocycles. The molecule has 1 aromatic carbocycles. The van der Waals surface area contributed by atoms with E-state index in [-0.39, 0.29) is 0 Å². The van der Waals surface area contributed by atoms with Gasteiger partial charge in [-0.2, -0.15) is 0 Å². The molecule has 1 heterocycles. The SMILES string of the molecule is Cc1cc(C)c2nccc(C(=O)O)c2c1. The van der Waals surface area contributed by atoms with Crippen molar-refractivity contribution >= 4 is 16.9 Å². The van der Waals surface area contributed by atoms with Gasteiger partial charge in [0, 0.05) is 11.6 Å². The van der Waals surface area contributed by atoms with Crippen LogP contribution in [-0.4, -0.2) is 16.1 Å². The van der Waals surface area contributed by atoms with E-state index in [9.17, 15) is 4.79 Å². The Hall–Kier alpha value is -1.90. The van der Waals surface area contributed by atoms with E-state index in [0.29, 0.717) is 10.9 Å². The fourth-order valence-electron chi connectivity index (χ4n) is 1.80. The average Bonchev–Trinajstić information content (AvgIpc) is 2.16. The summed E-state index contributed by atoms with van der Waals surface area (Å²) in [5, 5.41) is 9.75. The molecule has 0 saturated carbocycles. The van der Waals surface area contributed by atoms with Crippen molar-refractivity contribution in [2.45, 2.75) is 13.8 Å². The van der Waals surface area contributed by atoms with E-state index in [1.165, 1.54) is 12.3 Å². The van der Waals surface area contributed by atoms with Gasteiger partial charge in [0.25, 0.3) is 0 Å². The molecule has 76 valence electrons. The van der Waals surface area contributed by atoms with Gasteiger partial charge in [0.15, 0.2) is 0 Å². The normalized spacial score (nSPS) is 10.5. The highest BCUT2D eigenvalue weighted by atomic mass is 16.4. The van der Waals surface area contributed by atoms with Crippen molar-refractivity contribution in [2.24, 2.45) is 0 Å². The van der Waals surface area contributed by atoms with Gasteiger partial charge >= 0.3 is 5.97 Å². The Bertz CT molecular complexity index is 547. The number of benzene rings is 1. The Morgan fingerprint density at radius 3 is 2.73 bits per heavy atom. The molecule has 0 unspecified atom stereocenters. The predicted molar refractivity (Wildman–Crippen MR) is 58.2 cm³/mol. The summed E-state index contributed by atoms with van der Waals surface area (Å²) < 4.78 is 0. The quantitative estimate of drug-likeness (QED) is 0.771. The Morgan fingerprint density at radius 2 is 2.07 bits per heavy atom.